The van der Waals surface area contributed by atoms with Gasteiger partial charge in [-0.1, -0.05) is 12.1 Å². The first kappa shape index (κ1) is 17.8. The molecule has 6 nitrogen and oxygen atoms in total. The summed E-state index contributed by atoms with van der Waals surface area (Å²) in [6.07, 6.45) is -0.832. The van der Waals surface area contributed by atoms with E-state index < -0.39 is 12.7 Å². The van der Waals surface area contributed by atoms with Gasteiger partial charge in [0.1, 0.15) is 24.2 Å². The molecule has 1 atom stereocenters. The van der Waals surface area contributed by atoms with Crippen molar-refractivity contribution in [2.75, 3.05) is 5.32 Å². The maximum atomic E-state index is 12.4. The van der Waals surface area contributed by atoms with Crippen molar-refractivity contribution in [1.29, 1.82) is 0 Å². The number of nitrogens with one attached hydrogen (secondary N) is 1. The lowest BCUT2D eigenvalue weighted by atomic mass is 10.3. The smallest absolute Gasteiger partial charge is 0.387 e. The number of amides is 1. The van der Waals surface area contributed by atoms with Gasteiger partial charge in [0.15, 0.2) is 0 Å². The summed E-state index contributed by atoms with van der Waals surface area (Å²) in [6.45, 7) is -1.36. The Morgan fingerprint density at radius 3 is 2.58 bits per heavy atom. The van der Waals surface area contributed by atoms with E-state index in [0.717, 1.165) is 5.52 Å². The Kier molecular flexibility index (Phi) is 5.13. The van der Waals surface area contributed by atoms with Crippen molar-refractivity contribution < 1.29 is 23.4 Å². The van der Waals surface area contributed by atoms with Crippen LogP contribution in [0.5, 0.6) is 5.75 Å². The van der Waals surface area contributed by atoms with Crippen LogP contribution in [0.2, 0.25) is 0 Å². The normalized spacial score (nSPS) is 12.3. The van der Waals surface area contributed by atoms with Gasteiger partial charge in [0.25, 0.3) is 0 Å². The lowest BCUT2D eigenvalue weighted by molar-refractivity contribution is -0.116. The molecule has 1 amide bonds. The van der Waals surface area contributed by atoms with E-state index in [4.69, 9.17) is 0 Å². The second-order valence-electron chi connectivity index (χ2n) is 5.67. The number of carbonyl (C=O) groups is 1. The molecule has 1 aromatic heterocycles. The molecular weight excluding hydrogens is 344 g/mol. The molecule has 0 fully saturated rings. The van der Waals surface area contributed by atoms with Crippen LogP contribution in [0.3, 0.4) is 0 Å². The predicted octanol–water partition coefficient (Wildman–Crippen LogP) is 3.33. The van der Waals surface area contributed by atoms with E-state index in [1.165, 1.54) is 24.3 Å². The Bertz CT molecular complexity index is 908. The minimum Gasteiger partial charge on any atom is -0.435 e. The molecule has 8 heteroatoms. The molecule has 3 aromatic rings. The van der Waals surface area contributed by atoms with Gasteiger partial charge in [0.05, 0.1) is 11.0 Å². The SMILES string of the molecule is CC(O)c1nc2ccccc2n1CC(=O)Nc1ccc(OC(F)F)cc1. The van der Waals surface area contributed by atoms with Crippen LogP contribution in [0.1, 0.15) is 18.9 Å². The Hall–Kier alpha value is -3.00. The molecule has 3 rings (SSSR count). The van der Waals surface area contributed by atoms with Crippen LogP contribution in [0.15, 0.2) is 48.5 Å². The lowest BCUT2D eigenvalue weighted by Gasteiger charge is -2.12. The van der Waals surface area contributed by atoms with Gasteiger partial charge in [-0.3, -0.25) is 4.79 Å². The molecule has 2 aromatic carbocycles. The zero-order chi connectivity index (χ0) is 18.7. The number of halogens is 2. The summed E-state index contributed by atoms with van der Waals surface area (Å²) in [5.74, 6) is 0.0645. The number of fused-ring (bicyclic) bond motifs is 1. The number of carbonyl (C=O) groups excluding carboxylic acids is 1. The minimum absolute atomic E-state index is 0.00925. The van der Waals surface area contributed by atoms with Crippen LogP contribution < -0.4 is 10.1 Å². The first-order valence-corrected chi connectivity index (χ1v) is 7.92. The summed E-state index contributed by atoms with van der Waals surface area (Å²) >= 11 is 0. The van der Waals surface area contributed by atoms with Gasteiger partial charge in [0.2, 0.25) is 5.91 Å². The topological polar surface area (TPSA) is 76.4 Å². The van der Waals surface area contributed by atoms with E-state index in [9.17, 15) is 18.7 Å². The van der Waals surface area contributed by atoms with Crippen LogP contribution in [-0.4, -0.2) is 27.2 Å². The minimum atomic E-state index is -2.90. The first-order chi connectivity index (χ1) is 12.4. The van der Waals surface area contributed by atoms with E-state index in [1.807, 2.05) is 18.2 Å². The lowest BCUT2D eigenvalue weighted by Crippen LogP contribution is -2.20. The predicted molar refractivity (Wildman–Crippen MR) is 92.1 cm³/mol. The molecule has 0 aliphatic heterocycles. The van der Waals surface area contributed by atoms with Crippen LogP contribution in [0, 0.1) is 0 Å². The van der Waals surface area contributed by atoms with Crippen molar-refractivity contribution >= 4 is 22.6 Å². The van der Waals surface area contributed by atoms with Crippen LogP contribution in [0.4, 0.5) is 14.5 Å². The molecule has 0 saturated carbocycles. The van der Waals surface area contributed by atoms with Crippen LogP contribution in [-0.2, 0) is 11.3 Å². The number of aliphatic hydroxyl groups excluding tert-OH is 1. The van der Waals surface area contributed by atoms with Crippen molar-refractivity contribution in [2.45, 2.75) is 26.2 Å². The van der Waals surface area contributed by atoms with E-state index in [0.29, 0.717) is 17.0 Å². The Morgan fingerprint density at radius 1 is 1.23 bits per heavy atom. The average molecular weight is 361 g/mol. The first-order valence-electron chi connectivity index (χ1n) is 7.92. The summed E-state index contributed by atoms with van der Waals surface area (Å²) < 4.78 is 30.2. The number of hydrogen-bond acceptors (Lipinski definition) is 4. The van der Waals surface area contributed by atoms with Gasteiger partial charge in [-0.25, -0.2) is 4.98 Å². The molecule has 1 unspecified atom stereocenters. The zero-order valence-electron chi connectivity index (χ0n) is 13.9. The molecule has 136 valence electrons. The maximum absolute atomic E-state index is 12.4. The molecule has 0 aliphatic carbocycles. The number of imidazole rings is 1. The van der Waals surface area contributed by atoms with Crippen molar-refractivity contribution in [1.82, 2.24) is 9.55 Å². The molecule has 0 spiro atoms. The summed E-state index contributed by atoms with van der Waals surface area (Å²) in [5, 5.41) is 12.6. The molecular formula is C18H17F2N3O3. The summed E-state index contributed by atoms with van der Waals surface area (Å²) in [6, 6.07) is 12.9. The van der Waals surface area contributed by atoms with Gasteiger partial charge >= 0.3 is 6.61 Å². The highest BCUT2D eigenvalue weighted by Crippen LogP contribution is 2.21. The molecule has 0 radical (unpaired) electrons. The molecule has 1 heterocycles. The molecule has 2 N–H and O–H groups in total. The standard InChI is InChI=1S/C18H17F2N3O3/c1-11(24)17-22-14-4-2-3-5-15(14)23(17)10-16(25)21-12-6-8-13(9-7-12)26-18(19)20/h2-9,11,18,24H,10H2,1H3,(H,21,25). The molecule has 0 saturated heterocycles. The summed E-state index contributed by atoms with van der Waals surface area (Å²) in [5.41, 5.74) is 1.86. The highest BCUT2D eigenvalue weighted by atomic mass is 19.3. The average Bonchev–Trinajstić information content (AvgIpc) is 2.95. The number of ether oxygens (including phenoxy) is 1. The number of benzene rings is 2. The third kappa shape index (κ3) is 3.97. The molecule has 0 bridgehead atoms. The van der Waals surface area contributed by atoms with Crippen molar-refractivity contribution in [2.24, 2.45) is 0 Å². The highest BCUT2D eigenvalue weighted by molar-refractivity contribution is 5.91. The van der Waals surface area contributed by atoms with Crippen LogP contribution in [0.25, 0.3) is 11.0 Å². The number of anilines is 1. The van der Waals surface area contributed by atoms with Crippen LogP contribution >= 0.6 is 0 Å². The Morgan fingerprint density at radius 2 is 1.92 bits per heavy atom. The Labute approximate surface area is 148 Å². The third-order valence-electron chi connectivity index (χ3n) is 3.72. The summed E-state index contributed by atoms with van der Waals surface area (Å²) in [4.78, 5) is 16.7. The van der Waals surface area contributed by atoms with Crippen molar-refractivity contribution in [3.05, 3.63) is 54.4 Å². The fraction of sp³-hybridized carbons (Fsp3) is 0.222. The number of para-hydroxylation sites is 2. The van der Waals surface area contributed by atoms with Crippen molar-refractivity contribution in [3.63, 3.8) is 0 Å². The maximum Gasteiger partial charge on any atom is 0.387 e. The molecule has 26 heavy (non-hydrogen) atoms. The van der Waals surface area contributed by atoms with E-state index in [1.54, 1.807) is 17.6 Å². The number of aliphatic hydroxyl groups is 1. The number of hydrogen-bond donors (Lipinski definition) is 2. The van der Waals surface area contributed by atoms with E-state index in [-0.39, 0.29) is 18.2 Å². The second kappa shape index (κ2) is 7.49. The number of alkyl halides is 2. The zero-order valence-corrected chi connectivity index (χ0v) is 13.9. The quantitative estimate of drug-likeness (QED) is 0.706. The number of rotatable bonds is 6. The van der Waals surface area contributed by atoms with Crippen molar-refractivity contribution in [3.8, 4) is 5.75 Å². The fourth-order valence-corrected chi connectivity index (χ4v) is 2.64. The second-order valence-corrected chi connectivity index (χ2v) is 5.67. The van der Waals surface area contributed by atoms with E-state index in [2.05, 4.69) is 15.0 Å². The fourth-order valence-electron chi connectivity index (χ4n) is 2.64. The third-order valence-corrected chi connectivity index (χ3v) is 3.72. The van der Waals surface area contributed by atoms with Gasteiger partial charge in [-0.05, 0) is 43.3 Å². The van der Waals surface area contributed by atoms with Gasteiger partial charge in [-0.15, -0.1) is 0 Å². The highest BCUT2D eigenvalue weighted by Gasteiger charge is 2.17. The van der Waals surface area contributed by atoms with Gasteiger partial charge in [0, 0.05) is 5.69 Å². The van der Waals surface area contributed by atoms with Gasteiger partial charge in [-0.2, -0.15) is 8.78 Å². The number of aromatic nitrogens is 2. The molecule has 0 aliphatic rings. The monoisotopic (exact) mass is 361 g/mol. The summed E-state index contributed by atoms with van der Waals surface area (Å²) in [7, 11) is 0. The van der Waals surface area contributed by atoms with Gasteiger partial charge < -0.3 is 19.7 Å². The largest absolute Gasteiger partial charge is 0.435 e. The van der Waals surface area contributed by atoms with E-state index >= 15 is 0 Å². The number of nitrogens with zero attached hydrogens (tertiary/aromatic N) is 2. The Balaban J connectivity index is 1.76.